The molecule has 0 spiro atoms. The van der Waals surface area contributed by atoms with Crippen molar-refractivity contribution in [3.8, 4) is 0 Å². The third-order valence-electron chi connectivity index (χ3n) is 4.51. The normalized spacial score (nSPS) is 24.5. The van der Waals surface area contributed by atoms with Gasteiger partial charge in [0.2, 0.25) is 0 Å². The quantitative estimate of drug-likeness (QED) is 0.542. The molecule has 0 bridgehead atoms. The lowest BCUT2D eigenvalue weighted by Crippen LogP contribution is -2.47. The minimum absolute atomic E-state index is 0.0981. The molecule has 146 valence electrons. The van der Waals surface area contributed by atoms with Crippen molar-refractivity contribution in [3.63, 3.8) is 0 Å². The summed E-state index contributed by atoms with van der Waals surface area (Å²) in [5.74, 6) is 0.710. The molecule has 2 rings (SSSR count). The summed E-state index contributed by atoms with van der Waals surface area (Å²) >= 11 is 0. The molecule has 0 saturated carbocycles. The van der Waals surface area contributed by atoms with E-state index < -0.39 is 15.5 Å². The van der Waals surface area contributed by atoms with Crippen LogP contribution in [0.5, 0.6) is 0 Å². The summed E-state index contributed by atoms with van der Waals surface area (Å²) in [7, 11) is -3.57. The van der Waals surface area contributed by atoms with Crippen LogP contribution in [0.15, 0.2) is 4.99 Å². The fourth-order valence-electron chi connectivity index (χ4n) is 2.98. The summed E-state index contributed by atoms with van der Waals surface area (Å²) in [5, 5.41) is 6.30. The van der Waals surface area contributed by atoms with Gasteiger partial charge in [0.05, 0.1) is 6.10 Å². The fraction of sp³-hybridized carbons (Fsp3) is 0.929. The van der Waals surface area contributed by atoms with Crippen molar-refractivity contribution >= 4 is 16.0 Å². The number of hydrogen-bond donors (Lipinski definition) is 2. The molecule has 0 aromatic heterocycles. The molecule has 0 amide bonds. The highest BCUT2D eigenvalue weighted by atomic mass is 32.2. The van der Waals surface area contributed by atoms with Crippen molar-refractivity contribution in [3.05, 3.63) is 0 Å². The molecule has 0 aliphatic carbocycles. The van der Waals surface area contributed by atoms with E-state index >= 15 is 0 Å². The second-order valence-electron chi connectivity index (χ2n) is 6.26. The van der Waals surface area contributed by atoms with Gasteiger partial charge < -0.3 is 15.4 Å². The van der Waals surface area contributed by atoms with Gasteiger partial charge in [0.15, 0.2) is 5.96 Å². The molecule has 2 fully saturated rings. The second kappa shape index (κ2) is 8.54. The van der Waals surface area contributed by atoms with Gasteiger partial charge in [0.1, 0.15) is 0 Å². The number of guanidine groups is 1. The second-order valence-corrected chi connectivity index (χ2v) is 8.19. The molecule has 1 atom stereocenters. The molecular formula is C14H25F3N4O3S. The molecular weight excluding hydrogens is 361 g/mol. The maximum atomic E-state index is 12.6. The van der Waals surface area contributed by atoms with Gasteiger partial charge >= 0.3 is 15.5 Å². The monoisotopic (exact) mass is 386 g/mol. The summed E-state index contributed by atoms with van der Waals surface area (Å²) in [6.07, 6.45) is 3.00. The lowest BCUT2D eigenvalue weighted by molar-refractivity contribution is -0.0496. The highest BCUT2D eigenvalue weighted by Crippen LogP contribution is 2.30. The Bertz CT molecular complexity index is 554. The zero-order valence-corrected chi connectivity index (χ0v) is 15.0. The number of nitrogens with one attached hydrogen (secondary N) is 2. The van der Waals surface area contributed by atoms with Crippen LogP contribution in [0.2, 0.25) is 0 Å². The number of aliphatic imine (C=N–C) groups is 1. The number of rotatable bonds is 5. The van der Waals surface area contributed by atoms with E-state index in [1.54, 1.807) is 7.05 Å². The fourth-order valence-corrected chi connectivity index (χ4v) is 3.96. The molecule has 2 heterocycles. The van der Waals surface area contributed by atoms with E-state index in [9.17, 15) is 21.6 Å². The number of ether oxygens (including phenoxy) is 1. The van der Waals surface area contributed by atoms with E-state index in [0.29, 0.717) is 36.2 Å². The standard InChI is InChI=1S/C14H25F3N4O3S/c1-18-13(20-10-12-3-2-8-24-12)19-9-11-4-6-21(7-5-11)25(22,23)14(15,16)17/h11-12H,2-10H2,1H3,(H2,18,19,20). The van der Waals surface area contributed by atoms with E-state index in [1.165, 1.54) is 0 Å². The van der Waals surface area contributed by atoms with Gasteiger partial charge in [-0.2, -0.15) is 17.5 Å². The third-order valence-corrected chi connectivity index (χ3v) is 6.14. The van der Waals surface area contributed by atoms with E-state index in [-0.39, 0.29) is 25.1 Å². The van der Waals surface area contributed by atoms with Gasteiger partial charge in [-0.25, -0.2) is 8.42 Å². The largest absolute Gasteiger partial charge is 0.511 e. The average molecular weight is 386 g/mol. The lowest BCUT2D eigenvalue weighted by Gasteiger charge is -2.31. The van der Waals surface area contributed by atoms with Crippen LogP contribution in [0.1, 0.15) is 25.7 Å². The first kappa shape index (κ1) is 20.2. The van der Waals surface area contributed by atoms with Crippen LogP contribution in [-0.2, 0) is 14.8 Å². The van der Waals surface area contributed by atoms with Gasteiger partial charge in [0, 0.05) is 39.8 Å². The molecule has 2 N–H and O–H groups in total. The first-order valence-electron chi connectivity index (χ1n) is 8.36. The lowest BCUT2D eigenvalue weighted by atomic mass is 9.98. The Kier molecular flexibility index (Phi) is 6.92. The maximum Gasteiger partial charge on any atom is 0.511 e. The van der Waals surface area contributed by atoms with E-state index in [4.69, 9.17) is 4.74 Å². The van der Waals surface area contributed by atoms with Gasteiger partial charge in [-0.1, -0.05) is 0 Å². The predicted octanol–water partition coefficient (Wildman–Crippen LogP) is 0.892. The van der Waals surface area contributed by atoms with Gasteiger partial charge in [-0.05, 0) is 31.6 Å². The Morgan fingerprint density at radius 2 is 1.84 bits per heavy atom. The SMILES string of the molecule is CN=C(NCC1CCN(S(=O)(=O)C(F)(F)F)CC1)NCC1CCCO1. The van der Waals surface area contributed by atoms with Crippen molar-refractivity contribution in [2.24, 2.45) is 10.9 Å². The maximum absolute atomic E-state index is 12.6. The molecule has 2 aliphatic rings. The Balaban J connectivity index is 1.72. The minimum atomic E-state index is -5.23. The zero-order chi connectivity index (χ0) is 18.5. The molecule has 7 nitrogen and oxygen atoms in total. The smallest absolute Gasteiger partial charge is 0.376 e. The van der Waals surface area contributed by atoms with Crippen LogP contribution >= 0.6 is 0 Å². The molecule has 0 aromatic carbocycles. The van der Waals surface area contributed by atoms with E-state index in [0.717, 1.165) is 19.4 Å². The van der Waals surface area contributed by atoms with E-state index in [2.05, 4.69) is 15.6 Å². The summed E-state index contributed by atoms with van der Waals surface area (Å²) in [6, 6.07) is 0. The first-order valence-corrected chi connectivity index (χ1v) is 9.80. The highest BCUT2D eigenvalue weighted by molar-refractivity contribution is 7.90. The molecule has 11 heteroatoms. The summed E-state index contributed by atoms with van der Waals surface area (Å²) in [5.41, 5.74) is -5.23. The molecule has 2 saturated heterocycles. The Morgan fingerprint density at radius 3 is 2.36 bits per heavy atom. The van der Waals surface area contributed by atoms with Crippen molar-refractivity contribution in [1.82, 2.24) is 14.9 Å². The number of nitrogens with zero attached hydrogens (tertiary/aromatic N) is 2. The zero-order valence-electron chi connectivity index (χ0n) is 14.2. The van der Waals surface area contributed by atoms with Gasteiger partial charge in [-0.15, -0.1) is 0 Å². The molecule has 25 heavy (non-hydrogen) atoms. The van der Waals surface area contributed by atoms with Crippen LogP contribution in [0.25, 0.3) is 0 Å². The molecule has 0 radical (unpaired) electrons. The summed E-state index contributed by atoms with van der Waals surface area (Å²) in [6.45, 7) is 1.73. The number of alkyl halides is 3. The average Bonchev–Trinajstić information content (AvgIpc) is 3.08. The number of hydrogen-bond acceptors (Lipinski definition) is 4. The van der Waals surface area contributed by atoms with Crippen LogP contribution in [0.3, 0.4) is 0 Å². The van der Waals surface area contributed by atoms with Crippen LogP contribution < -0.4 is 10.6 Å². The van der Waals surface area contributed by atoms with E-state index in [1.807, 2.05) is 0 Å². The number of piperidine rings is 1. The molecule has 0 aromatic rings. The van der Waals surface area contributed by atoms with Crippen LogP contribution in [-0.4, -0.2) is 70.1 Å². The van der Waals surface area contributed by atoms with Crippen molar-refractivity contribution < 1.29 is 26.3 Å². The van der Waals surface area contributed by atoms with Crippen LogP contribution in [0.4, 0.5) is 13.2 Å². The van der Waals surface area contributed by atoms with Crippen molar-refractivity contribution in [2.45, 2.75) is 37.3 Å². The van der Waals surface area contributed by atoms with Crippen molar-refractivity contribution in [1.29, 1.82) is 0 Å². The number of sulfonamides is 1. The topological polar surface area (TPSA) is 83.0 Å². The third kappa shape index (κ3) is 5.45. The highest BCUT2D eigenvalue weighted by Gasteiger charge is 2.50. The molecule has 2 aliphatic heterocycles. The van der Waals surface area contributed by atoms with Gasteiger partial charge in [0.25, 0.3) is 0 Å². The molecule has 1 unspecified atom stereocenters. The minimum Gasteiger partial charge on any atom is -0.376 e. The van der Waals surface area contributed by atoms with Crippen molar-refractivity contribution in [2.75, 3.05) is 39.8 Å². The van der Waals surface area contributed by atoms with Crippen LogP contribution in [0, 0.1) is 5.92 Å². The summed E-state index contributed by atoms with van der Waals surface area (Å²) in [4.78, 5) is 4.10. The predicted molar refractivity (Wildman–Crippen MR) is 87.6 cm³/mol. The first-order chi connectivity index (χ1) is 11.7. The Labute approximate surface area is 146 Å². The summed E-state index contributed by atoms with van der Waals surface area (Å²) < 4.78 is 66.5. The number of halogens is 3. The van der Waals surface area contributed by atoms with Gasteiger partial charge in [-0.3, -0.25) is 4.99 Å². The Morgan fingerprint density at radius 1 is 1.20 bits per heavy atom. The Hall–Kier alpha value is -1.07.